The van der Waals surface area contributed by atoms with Gasteiger partial charge in [-0.05, 0) is 63.4 Å². The zero-order valence-corrected chi connectivity index (χ0v) is 17.2. The van der Waals surface area contributed by atoms with E-state index in [9.17, 15) is 4.79 Å². The van der Waals surface area contributed by atoms with E-state index in [-0.39, 0.29) is 30.0 Å². The van der Waals surface area contributed by atoms with E-state index >= 15 is 0 Å². The lowest BCUT2D eigenvalue weighted by Crippen LogP contribution is -2.49. The Hall–Kier alpha value is -2.18. The number of nitrogens with one attached hydrogen (secondary N) is 2. The number of hydrogen-bond acceptors (Lipinski definition) is 4. The van der Waals surface area contributed by atoms with Crippen LogP contribution in [0.5, 0.6) is 0 Å². The first kappa shape index (κ1) is 19.2. The van der Waals surface area contributed by atoms with Crippen LogP contribution < -0.4 is 10.6 Å². The smallest absolute Gasteiger partial charge is 0.242 e. The van der Waals surface area contributed by atoms with Crippen LogP contribution in [0.25, 0.3) is 0 Å². The Labute approximate surface area is 166 Å². The molecular formula is C22H30N4O2. The van der Waals surface area contributed by atoms with Crippen LogP contribution in [-0.4, -0.2) is 42.0 Å². The average molecular weight is 383 g/mol. The summed E-state index contributed by atoms with van der Waals surface area (Å²) in [4.78, 5) is 12.9. The van der Waals surface area contributed by atoms with Gasteiger partial charge in [0.2, 0.25) is 5.91 Å². The highest BCUT2D eigenvalue weighted by Gasteiger charge is 2.53. The van der Waals surface area contributed by atoms with Gasteiger partial charge in [-0.15, -0.1) is 0 Å². The van der Waals surface area contributed by atoms with Gasteiger partial charge in [-0.25, -0.2) is 0 Å². The molecule has 2 N–H and O–H groups in total. The fourth-order valence-corrected chi connectivity index (χ4v) is 5.09. The maximum atomic E-state index is 12.9. The number of ether oxygens (including phenoxy) is 1. The molecule has 1 aliphatic heterocycles. The SMILES string of the molecule is CO[C@H]1[C@H](NC(=O)Cn2nc(C)c(C)c2C)c2ccccc2C12CCNCC2. The van der Waals surface area contributed by atoms with E-state index in [0.29, 0.717) is 0 Å². The monoisotopic (exact) mass is 382 g/mol. The maximum absolute atomic E-state index is 12.9. The fourth-order valence-electron chi connectivity index (χ4n) is 5.09. The molecule has 6 heteroatoms. The first-order chi connectivity index (χ1) is 13.5. The van der Waals surface area contributed by atoms with Crippen LogP contribution in [0.3, 0.4) is 0 Å². The number of aromatic nitrogens is 2. The zero-order chi connectivity index (χ0) is 19.9. The van der Waals surface area contributed by atoms with Gasteiger partial charge in [0, 0.05) is 18.2 Å². The Bertz CT molecular complexity index is 883. The quantitative estimate of drug-likeness (QED) is 0.852. The van der Waals surface area contributed by atoms with Crippen LogP contribution in [0.15, 0.2) is 24.3 Å². The number of hydrogen-bond donors (Lipinski definition) is 2. The van der Waals surface area contributed by atoms with Crippen LogP contribution in [0.1, 0.15) is 47.0 Å². The Morgan fingerprint density at radius 2 is 2.00 bits per heavy atom. The van der Waals surface area contributed by atoms with Gasteiger partial charge in [0.25, 0.3) is 0 Å². The molecular weight excluding hydrogens is 352 g/mol. The van der Waals surface area contributed by atoms with Gasteiger partial charge in [-0.1, -0.05) is 24.3 Å². The second-order valence-corrected chi connectivity index (χ2v) is 8.15. The second-order valence-electron chi connectivity index (χ2n) is 8.15. The lowest BCUT2D eigenvalue weighted by molar-refractivity contribution is -0.124. The zero-order valence-electron chi connectivity index (χ0n) is 17.2. The van der Waals surface area contributed by atoms with Crippen molar-refractivity contribution in [2.45, 2.75) is 57.7 Å². The number of nitrogens with zero attached hydrogens (tertiary/aromatic N) is 2. The maximum Gasteiger partial charge on any atom is 0.242 e. The summed E-state index contributed by atoms with van der Waals surface area (Å²) in [5, 5.41) is 11.2. The van der Waals surface area contributed by atoms with E-state index < -0.39 is 0 Å². The minimum atomic E-state index is -0.134. The van der Waals surface area contributed by atoms with Crippen molar-refractivity contribution in [1.29, 1.82) is 0 Å². The van der Waals surface area contributed by atoms with Gasteiger partial charge in [-0.2, -0.15) is 5.10 Å². The van der Waals surface area contributed by atoms with Crippen molar-refractivity contribution in [3.05, 3.63) is 52.3 Å². The molecule has 28 heavy (non-hydrogen) atoms. The van der Waals surface area contributed by atoms with Gasteiger partial charge in [-0.3, -0.25) is 9.48 Å². The number of rotatable bonds is 4. The molecule has 1 aromatic carbocycles. The average Bonchev–Trinajstić information content (AvgIpc) is 3.09. The molecule has 6 nitrogen and oxygen atoms in total. The van der Waals surface area contributed by atoms with Crippen molar-refractivity contribution in [2.24, 2.45) is 0 Å². The number of methoxy groups -OCH3 is 1. The molecule has 150 valence electrons. The summed E-state index contributed by atoms with van der Waals surface area (Å²) in [6.07, 6.45) is 1.98. The Kier molecular flexibility index (Phi) is 5.02. The lowest BCUT2D eigenvalue weighted by Gasteiger charge is -2.40. The third-order valence-corrected chi connectivity index (χ3v) is 6.78. The summed E-state index contributed by atoms with van der Waals surface area (Å²) in [5.74, 6) is -0.0292. The van der Waals surface area contributed by atoms with Crippen LogP contribution in [0.2, 0.25) is 0 Å². The minimum absolute atomic E-state index is 0.0292. The van der Waals surface area contributed by atoms with Gasteiger partial charge < -0.3 is 15.4 Å². The van der Waals surface area contributed by atoms with E-state index in [4.69, 9.17) is 4.74 Å². The number of piperidine rings is 1. The standard InChI is InChI=1S/C22H30N4O2/c1-14-15(2)25-26(16(14)3)13-19(27)24-20-17-7-5-6-8-18(17)22(21(20)28-4)9-11-23-12-10-22/h5-8,20-21,23H,9-13H2,1-4H3,(H,24,27)/t20-,21+/m1/s1. The van der Waals surface area contributed by atoms with E-state index in [1.165, 1.54) is 11.1 Å². The third-order valence-electron chi connectivity index (χ3n) is 6.78. The van der Waals surface area contributed by atoms with Crippen LogP contribution in [0, 0.1) is 20.8 Å². The number of fused-ring (bicyclic) bond motifs is 2. The highest BCUT2D eigenvalue weighted by molar-refractivity contribution is 5.77. The predicted molar refractivity (Wildman–Crippen MR) is 108 cm³/mol. The van der Waals surface area contributed by atoms with Gasteiger partial charge >= 0.3 is 0 Å². The molecule has 2 heterocycles. The molecule has 1 aliphatic carbocycles. The van der Waals surface area contributed by atoms with Gasteiger partial charge in [0.05, 0.1) is 17.8 Å². The predicted octanol–water partition coefficient (Wildman–Crippen LogP) is 2.32. The highest BCUT2D eigenvalue weighted by Crippen LogP contribution is 2.51. The molecule has 1 saturated heterocycles. The van der Waals surface area contributed by atoms with Crippen molar-refractivity contribution < 1.29 is 9.53 Å². The number of benzene rings is 1. The van der Waals surface area contributed by atoms with Crippen molar-refractivity contribution >= 4 is 5.91 Å². The number of carbonyl (C=O) groups is 1. The van der Waals surface area contributed by atoms with E-state index in [1.807, 2.05) is 20.8 Å². The summed E-state index contributed by atoms with van der Waals surface area (Å²) >= 11 is 0. The molecule has 1 amide bonds. The Morgan fingerprint density at radius 1 is 1.29 bits per heavy atom. The number of amides is 1. The van der Waals surface area contributed by atoms with Crippen molar-refractivity contribution in [2.75, 3.05) is 20.2 Å². The molecule has 1 spiro atoms. The van der Waals surface area contributed by atoms with Crippen molar-refractivity contribution in [3.63, 3.8) is 0 Å². The minimum Gasteiger partial charge on any atom is -0.378 e. The topological polar surface area (TPSA) is 68.2 Å². The highest BCUT2D eigenvalue weighted by atomic mass is 16.5. The van der Waals surface area contributed by atoms with Crippen LogP contribution in [-0.2, 0) is 21.5 Å². The van der Waals surface area contributed by atoms with E-state index in [1.54, 1.807) is 11.8 Å². The summed E-state index contributed by atoms with van der Waals surface area (Å²) in [7, 11) is 1.77. The molecule has 0 unspecified atom stereocenters. The lowest BCUT2D eigenvalue weighted by atomic mass is 9.72. The molecule has 0 radical (unpaired) electrons. The first-order valence-electron chi connectivity index (χ1n) is 10.1. The summed E-state index contributed by atoms with van der Waals surface area (Å²) in [5.41, 5.74) is 5.63. The number of aryl methyl sites for hydroxylation is 1. The van der Waals surface area contributed by atoms with E-state index in [0.717, 1.165) is 42.9 Å². The first-order valence-corrected chi connectivity index (χ1v) is 10.1. The van der Waals surface area contributed by atoms with E-state index in [2.05, 4.69) is 40.0 Å². The summed E-state index contributed by atoms with van der Waals surface area (Å²) < 4.78 is 7.83. The molecule has 4 rings (SSSR count). The largest absolute Gasteiger partial charge is 0.378 e. The Morgan fingerprint density at radius 3 is 2.64 bits per heavy atom. The molecule has 2 atom stereocenters. The summed E-state index contributed by atoms with van der Waals surface area (Å²) in [6, 6.07) is 8.36. The van der Waals surface area contributed by atoms with Crippen molar-refractivity contribution in [3.8, 4) is 0 Å². The second kappa shape index (κ2) is 7.33. The Balaban J connectivity index is 1.61. The van der Waals surface area contributed by atoms with Crippen LogP contribution in [0.4, 0.5) is 0 Å². The third kappa shape index (κ3) is 2.95. The summed E-state index contributed by atoms with van der Waals surface area (Å²) in [6.45, 7) is 8.20. The normalized spacial score (nSPS) is 23.0. The molecule has 2 aliphatic rings. The number of carbonyl (C=O) groups excluding carboxylic acids is 1. The molecule has 0 bridgehead atoms. The van der Waals surface area contributed by atoms with Crippen LogP contribution >= 0.6 is 0 Å². The molecule has 1 aromatic heterocycles. The molecule has 2 aromatic rings. The van der Waals surface area contributed by atoms with Gasteiger partial charge in [0.1, 0.15) is 6.54 Å². The van der Waals surface area contributed by atoms with Crippen molar-refractivity contribution in [1.82, 2.24) is 20.4 Å². The fraction of sp³-hybridized carbons (Fsp3) is 0.545. The molecule has 0 saturated carbocycles. The molecule has 1 fully saturated rings. The van der Waals surface area contributed by atoms with Gasteiger partial charge in [0.15, 0.2) is 0 Å².